The summed E-state index contributed by atoms with van der Waals surface area (Å²) in [5.74, 6) is 0. The Bertz CT molecular complexity index is 359. The Labute approximate surface area is 72.2 Å². The van der Waals surface area contributed by atoms with Crippen LogP contribution in [-0.4, -0.2) is 0 Å². The second-order valence-electron chi connectivity index (χ2n) is 2.19. The van der Waals surface area contributed by atoms with Gasteiger partial charge >= 0.3 is 15.9 Å². The lowest BCUT2D eigenvalue weighted by Crippen LogP contribution is -1.57. The molecule has 0 saturated heterocycles. The van der Waals surface area contributed by atoms with E-state index in [0.717, 1.165) is 9.60 Å². The molecule has 0 saturated carbocycles. The minimum Gasteiger partial charge on any atom is -0.0711 e. The Morgan fingerprint density at radius 1 is 1.27 bits per heavy atom. The lowest BCUT2D eigenvalue weighted by molar-refractivity contribution is 0.606. The third kappa shape index (κ3) is 1.17. The molecule has 0 bridgehead atoms. The molecule has 0 radical (unpaired) electrons. The Kier molecular flexibility index (Phi) is 1.68. The van der Waals surface area contributed by atoms with Gasteiger partial charge in [0, 0.05) is 15.0 Å². The lowest BCUT2D eigenvalue weighted by atomic mass is 10.3. The van der Waals surface area contributed by atoms with E-state index < -0.39 is 0 Å². The van der Waals surface area contributed by atoms with E-state index in [0.29, 0.717) is 11.7 Å². The Balaban J connectivity index is 2.78. The Morgan fingerprint density at radius 2 is 2.09 bits per heavy atom. The molecule has 0 aliphatic rings. The molecule has 0 atom stereocenters. The summed E-state index contributed by atoms with van der Waals surface area (Å²) in [6.45, 7) is 0. The van der Waals surface area contributed by atoms with Crippen LogP contribution in [0.5, 0.6) is 0 Å². The van der Waals surface area contributed by atoms with Gasteiger partial charge in [0.2, 0.25) is 0 Å². The Morgan fingerprint density at radius 3 is 2.82 bits per heavy atom. The van der Waals surface area contributed by atoms with Crippen LogP contribution >= 0.6 is 11.3 Å². The molecule has 1 aromatic carbocycles. The summed E-state index contributed by atoms with van der Waals surface area (Å²) in [5.41, 5.74) is 0. The number of hydrogen-bond donors (Lipinski definition) is 0. The summed E-state index contributed by atoms with van der Waals surface area (Å²) in [5, 5.41) is 1.16. The van der Waals surface area contributed by atoms with Crippen LogP contribution in [0.4, 0.5) is 0 Å². The van der Waals surface area contributed by atoms with Gasteiger partial charge < -0.3 is 0 Å². The van der Waals surface area contributed by atoms with E-state index in [-0.39, 0.29) is 0 Å². The second-order valence-corrected chi connectivity index (χ2v) is 4.14. The molecule has 0 fully saturated rings. The summed E-state index contributed by atoms with van der Waals surface area (Å²) in [6.07, 6.45) is 0. The van der Waals surface area contributed by atoms with Gasteiger partial charge in [-0.2, -0.15) is 0 Å². The van der Waals surface area contributed by atoms with Crippen molar-refractivity contribution >= 4 is 33.1 Å². The van der Waals surface area contributed by atoms with Gasteiger partial charge in [-0.3, -0.25) is 0 Å². The maximum atomic E-state index is 10.4. The standard InChI is InChI=1S/C8H5OS2/c9-11-8-5-6-3-1-2-4-7(6)10-8/h1-5H/q+1. The molecule has 0 unspecified atom stereocenters. The van der Waals surface area contributed by atoms with E-state index >= 15 is 0 Å². The molecule has 3 heteroatoms. The first kappa shape index (κ1) is 6.88. The topological polar surface area (TPSA) is 17.1 Å². The normalized spacial score (nSPS) is 10.2. The number of rotatable bonds is 1. The molecular formula is C8H5OS2+. The molecule has 0 aliphatic carbocycles. The van der Waals surface area contributed by atoms with Crippen LogP contribution in [0.25, 0.3) is 10.1 Å². The summed E-state index contributed by atoms with van der Waals surface area (Å²) >= 11 is 2.11. The number of hydrogen-bond acceptors (Lipinski definition) is 2. The van der Waals surface area contributed by atoms with Crippen molar-refractivity contribution in [2.75, 3.05) is 0 Å². The smallest absolute Gasteiger partial charge is 0.0711 e. The van der Waals surface area contributed by atoms with Crippen LogP contribution in [0.2, 0.25) is 0 Å². The van der Waals surface area contributed by atoms with Gasteiger partial charge in [-0.1, -0.05) is 29.5 Å². The molecule has 0 N–H and O–H groups in total. The third-order valence-corrected chi connectivity index (χ3v) is 3.13. The fourth-order valence-corrected chi connectivity index (χ4v) is 2.37. The number of benzene rings is 1. The maximum Gasteiger partial charge on any atom is 0.517 e. The number of thiophene rings is 1. The third-order valence-electron chi connectivity index (χ3n) is 1.49. The second kappa shape index (κ2) is 2.68. The molecule has 1 nitrogen and oxygen atoms in total. The summed E-state index contributed by atoms with van der Waals surface area (Å²) in [6, 6.07) is 9.94. The van der Waals surface area contributed by atoms with Crippen LogP contribution in [0.15, 0.2) is 34.5 Å². The van der Waals surface area contributed by atoms with Crippen molar-refractivity contribution in [3.8, 4) is 0 Å². The van der Waals surface area contributed by atoms with Crippen LogP contribution < -0.4 is 0 Å². The minimum absolute atomic E-state index is 0.563. The average molecular weight is 181 g/mol. The van der Waals surface area contributed by atoms with Gasteiger partial charge in [0.15, 0.2) is 0 Å². The quantitative estimate of drug-likeness (QED) is 0.618. The summed E-state index contributed by atoms with van der Waals surface area (Å²) in [7, 11) is 0. The molecule has 1 heterocycles. The highest BCUT2D eigenvalue weighted by atomic mass is 32.2. The molecule has 2 rings (SSSR count). The van der Waals surface area contributed by atoms with Crippen LogP contribution in [0.1, 0.15) is 0 Å². The van der Waals surface area contributed by atoms with Gasteiger partial charge in [0.25, 0.3) is 0 Å². The molecule has 11 heavy (non-hydrogen) atoms. The first-order valence-electron chi connectivity index (χ1n) is 3.18. The molecular weight excluding hydrogens is 176 g/mol. The molecule has 0 amide bonds. The molecule has 1 aromatic heterocycles. The van der Waals surface area contributed by atoms with Gasteiger partial charge in [0.1, 0.15) is 0 Å². The van der Waals surface area contributed by atoms with Crippen molar-refractivity contribution in [1.82, 2.24) is 0 Å². The van der Waals surface area contributed by atoms with Gasteiger partial charge in [-0.15, -0.1) is 0 Å². The Hall–Kier alpha value is -0.800. The van der Waals surface area contributed by atoms with Crippen molar-refractivity contribution < 1.29 is 4.21 Å². The number of fused-ring (bicyclic) bond motifs is 1. The van der Waals surface area contributed by atoms with E-state index in [9.17, 15) is 4.21 Å². The van der Waals surface area contributed by atoms with Crippen molar-refractivity contribution in [1.29, 1.82) is 0 Å². The van der Waals surface area contributed by atoms with Crippen molar-refractivity contribution in [3.63, 3.8) is 0 Å². The van der Waals surface area contributed by atoms with E-state index in [1.807, 2.05) is 30.3 Å². The SMILES string of the molecule is O=[S+]c1cc2ccccc2s1. The average Bonchev–Trinajstić information content (AvgIpc) is 2.46. The van der Waals surface area contributed by atoms with Crippen LogP contribution in [0.3, 0.4) is 0 Å². The van der Waals surface area contributed by atoms with E-state index in [1.54, 1.807) is 11.3 Å². The van der Waals surface area contributed by atoms with Crippen LogP contribution in [0, 0.1) is 0 Å². The highest BCUT2D eigenvalue weighted by Crippen LogP contribution is 2.24. The highest BCUT2D eigenvalue weighted by Gasteiger charge is 2.10. The van der Waals surface area contributed by atoms with Crippen LogP contribution in [-0.2, 0) is 15.9 Å². The zero-order chi connectivity index (χ0) is 7.68. The monoisotopic (exact) mass is 181 g/mol. The first-order valence-corrected chi connectivity index (χ1v) is 4.74. The first-order chi connectivity index (χ1) is 5.40. The highest BCUT2D eigenvalue weighted by molar-refractivity contribution is 7.69. The van der Waals surface area contributed by atoms with Crippen molar-refractivity contribution in [2.24, 2.45) is 0 Å². The van der Waals surface area contributed by atoms with Crippen molar-refractivity contribution in [3.05, 3.63) is 30.3 Å². The zero-order valence-corrected chi connectivity index (χ0v) is 7.24. The predicted molar refractivity (Wildman–Crippen MR) is 48.1 cm³/mol. The minimum atomic E-state index is 0.563. The molecule has 2 aromatic rings. The molecule has 0 aliphatic heterocycles. The molecule has 54 valence electrons. The summed E-state index contributed by atoms with van der Waals surface area (Å²) in [4.78, 5) is 0. The fraction of sp³-hybridized carbons (Fsp3) is 0. The van der Waals surface area contributed by atoms with E-state index in [1.165, 1.54) is 4.70 Å². The van der Waals surface area contributed by atoms with Gasteiger partial charge in [-0.05, 0) is 11.5 Å². The van der Waals surface area contributed by atoms with E-state index in [4.69, 9.17) is 0 Å². The van der Waals surface area contributed by atoms with Gasteiger partial charge in [0.05, 0.1) is 0 Å². The largest absolute Gasteiger partial charge is 0.517 e. The van der Waals surface area contributed by atoms with Crippen molar-refractivity contribution in [2.45, 2.75) is 4.21 Å². The zero-order valence-electron chi connectivity index (χ0n) is 5.61. The van der Waals surface area contributed by atoms with Gasteiger partial charge in [-0.25, -0.2) is 0 Å². The maximum absolute atomic E-state index is 10.4. The molecule has 0 spiro atoms. The fourth-order valence-electron chi connectivity index (χ4n) is 0.999. The lowest BCUT2D eigenvalue weighted by Gasteiger charge is -1.81. The summed E-state index contributed by atoms with van der Waals surface area (Å²) < 4.78 is 12.5. The predicted octanol–water partition coefficient (Wildman–Crippen LogP) is 2.69. The van der Waals surface area contributed by atoms with E-state index in [2.05, 4.69) is 0 Å².